The molecule has 0 spiro atoms. The minimum atomic E-state index is -3.36. The van der Waals surface area contributed by atoms with E-state index in [-0.39, 0.29) is 16.7 Å². The van der Waals surface area contributed by atoms with Crippen molar-refractivity contribution in [1.82, 2.24) is 5.32 Å². The van der Waals surface area contributed by atoms with Gasteiger partial charge in [-0.25, -0.2) is 8.42 Å². The van der Waals surface area contributed by atoms with Gasteiger partial charge in [-0.1, -0.05) is 6.07 Å². The summed E-state index contributed by atoms with van der Waals surface area (Å²) in [6, 6.07) is 8.10. The van der Waals surface area contributed by atoms with Crippen molar-refractivity contribution >= 4 is 9.84 Å². The first-order valence-electron chi connectivity index (χ1n) is 5.95. The van der Waals surface area contributed by atoms with E-state index in [9.17, 15) is 8.42 Å². The van der Waals surface area contributed by atoms with Gasteiger partial charge in [0, 0.05) is 19.7 Å². The fourth-order valence-corrected chi connectivity index (χ4v) is 2.84. The van der Waals surface area contributed by atoms with Crippen molar-refractivity contribution in [2.45, 2.75) is 17.9 Å². The smallest absolute Gasteiger partial charge is 0.179 e. The van der Waals surface area contributed by atoms with Crippen LogP contribution in [-0.4, -0.2) is 40.5 Å². The van der Waals surface area contributed by atoms with Gasteiger partial charge in [-0.2, -0.15) is 5.26 Å². The van der Waals surface area contributed by atoms with Gasteiger partial charge in [0.25, 0.3) is 0 Å². The topological polar surface area (TPSA) is 79.2 Å². The minimum absolute atomic E-state index is 0.00403. The molecule has 0 aliphatic carbocycles. The van der Waals surface area contributed by atoms with Gasteiger partial charge in [0.15, 0.2) is 9.84 Å². The summed E-state index contributed by atoms with van der Waals surface area (Å²) in [5, 5.41) is 11.8. The average Bonchev–Trinajstić information content (AvgIpc) is 2.39. The van der Waals surface area contributed by atoms with Crippen LogP contribution in [0.3, 0.4) is 0 Å². The molecular weight excluding hydrogens is 264 g/mol. The van der Waals surface area contributed by atoms with Crippen LogP contribution >= 0.6 is 0 Å². The average molecular weight is 282 g/mol. The maximum atomic E-state index is 12.1. The molecular formula is C13H18N2O3S. The van der Waals surface area contributed by atoms with E-state index < -0.39 is 9.84 Å². The molecule has 0 aliphatic rings. The van der Waals surface area contributed by atoms with Crippen molar-refractivity contribution in [2.75, 3.05) is 26.0 Å². The van der Waals surface area contributed by atoms with Crippen LogP contribution in [-0.2, 0) is 14.6 Å². The molecule has 19 heavy (non-hydrogen) atoms. The summed E-state index contributed by atoms with van der Waals surface area (Å²) in [5.41, 5.74) is 0.349. The van der Waals surface area contributed by atoms with Crippen molar-refractivity contribution < 1.29 is 13.2 Å². The van der Waals surface area contributed by atoms with Crippen LogP contribution in [0.4, 0.5) is 0 Å². The highest BCUT2D eigenvalue weighted by Gasteiger charge is 2.15. The minimum Gasteiger partial charge on any atom is -0.383 e. The van der Waals surface area contributed by atoms with Crippen LogP contribution in [0.1, 0.15) is 12.5 Å². The zero-order valence-corrected chi connectivity index (χ0v) is 11.9. The third-order valence-electron chi connectivity index (χ3n) is 2.60. The molecule has 0 radical (unpaired) electrons. The molecule has 1 rings (SSSR count). The first kappa shape index (κ1) is 15.6. The first-order chi connectivity index (χ1) is 8.99. The van der Waals surface area contributed by atoms with Crippen LogP contribution < -0.4 is 5.32 Å². The summed E-state index contributed by atoms with van der Waals surface area (Å²) >= 11 is 0. The molecule has 1 atom stereocenters. The molecule has 5 nitrogen and oxygen atoms in total. The van der Waals surface area contributed by atoms with Gasteiger partial charge in [-0.05, 0) is 25.1 Å². The highest BCUT2D eigenvalue weighted by Crippen LogP contribution is 2.12. The maximum Gasteiger partial charge on any atom is 0.179 e. The molecule has 1 aromatic rings. The van der Waals surface area contributed by atoms with E-state index in [0.717, 1.165) is 0 Å². The van der Waals surface area contributed by atoms with E-state index in [4.69, 9.17) is 10.00 Å². The number of sulfone groups is 1. The third-order valence-corrected chi connectivity index (χ3v) is 4.32. The summed E-state index contributed by atoms with van der Waals surface area (Å²) in [6.45, 7) is 2.81. The van der Waals surface area contributed by atoms with E-state index in [1.165, 1.54) is 12.1 Å². The van der Waals surface area contributed by atoms with Gasteiger partial charge in [0.1, 0.15) is 0 Å². The summed E-state index contributed by atoms with van der Waals surface area (Å²) in [5.74, 6) is -0.00403. The number of nitrogens with one attached hydrogen (secondary N) is 1. The quantitative estimate of drug-likeness (QED) is 0.805. The number of nitriles is 1. The lowest BCUT2D eigenvalue weighted by atomic mass is 10.2. The number of hydrogen-bond donors (Lipinski definition) is 1. The maximum absolute atomic E-state index is 12.1. The second-order valence-corrected chi connectivity index (χ2v) is 6.38. The molecule has 0 aromatic heterocycles. The molecule has 1 aromatic carbocycles. The SMILES string of the molecule is COCC(C)NCCS(=O)(=O)c1cccc(C#N)c1. The first-order valence-corrected chi connectivity index (χ1v) is 7.60. The summed E-state index contributed by atoms with van der Waals surface area (Å²) in [6.07, 6.45) is 0. The fourth-order valence-electron chi connectivity index (χ4n) is 1.63. The predicted molar refractivity (Wildman–Crippen MR) is 72.6 cm³/mol. The Hall–Kier alpha value is -1.42. The van der Waals surface area contributed by atoms with Gasteiger partial charge in [-0.3, -0.25) is 0 Å². The van der Waals surface area contributed by atoms with Crippen LogP contribution in [0.15, 0.2) is 29.2 Å². The lowest BCUT2D eigenvalue weighted by Crippen LogP contribution is -2.34. The molecule has 0 fully saturated rings. The number of hydrogen-bond acceptors (Lipinski definition) is 5. The second-order valence-electron chi connectivity index (χ2n) is 4.27. The van der Waals surface area contributed by atoms with E-state index in [1.54, 1.807) is 19.2 Å². The number of nitrogens with zero attached hydrogens (tertiary/aromatic N) is 1. The molecule has 1 unspecified atom stereocenters. The largest absolute Gasteiger partial charge is 0.383 e. The van der Waals surface area contributed by atoms with Crippen molar-refractivity contribution in [3.8, 4) is 6.07 Å². The molecule has 0 heterocycles. The molecule has 0 saturated carbocycles. The van der Waals surface area contributed by atoms with Crippen molar-refractivity contribution in [2.24, 2.45) is 0 Å². The Morgan fingerprint density at radius 3 is 2.84 bits per heavy atom. The summed E-state index contributed by atoms with van der Waals surface area (Å²) in [4.78, 5) is 0.188. The molecule has 1 N–H and O–H groups in total. The van der Waals surface area contributed by atoms with Gasteiger partial charge >= 0.3 is 0 Å². The molecule has 0 aliphatic heterocycles. The molecule has 0 bridgehead atoms. The number of methoxy groups -OCH3 is 1. The Labute approximate surface area is 114 Å². The van der Waals surface area contributed by atoms with Crippen LogP contribution in [0.25, 0.3) is 0 Å². The Balaban J connectivity index is 2.63. The zero-order chi connectivity index (χ0) is 14.3. The second kappa shape index (κ2) is 7.24. The summed E-state index contributed by atoms with van der Waals surface area (Å²) in [7, 11) is -1.76. The highest BCUT2D eigenvalue weighted by atomic mass is 32.2. The van der Waals surface area contributed by atoms with E-state index in [2.05, 4.69) is 5.32 Å². The predicted octanol–water partition coefficient (Wildman–Crippen LogP) is 0.956. The Morgan fingerprint density at radius 2 is 2.21 bits per heavy atom. The number of ether oxygens (including phenoxy) is 1. The van der Waals surface area contributed by atoms with Crippen LogP contribution in [0.2, 0.25) is 0 Å². The summed E-state index contributed by atoms with van der Waals surface area (Å²) < 4.78 is 29.1. The van der Waals surface area contributed by atoms with Gasteiger partial charge in [0.2, 0.25) is 0 Å². The lowest BCUT2D eigenvalue weighted by molar-refractivity contribution is 0.173. The number of rotatable bonds is 7. The van der Waals surface area contributed by atoms with Crippen molar-refractivity contribution in [1.29, 1.82) is 5.26 Å². The Morgan fingerprint density at radius 1 is 1.47 bits per heavy atom. The Kier molecular flexibility index (Phi) is 5.96. The van der Waals surface area contributed by atoms with Crippen molar-refractivity contribution in [3.63, 3.8) is 0 Å². The monoisotopic (exact) mass is 282 g/mol. The van der Waals surface area contributed by atoms with Gasteiger partial charge in [0.05, 0.1) is 28.9 Å². The Bertz CT molecular complexity index is 549. The number of benzene rings is 1. The molecule has 0 saturated heterocycles. The normalized spacial score (nSPS) is 12.9. The molecule has 0 amide bonds. The zero-order valence-electron chi connectivity index (χ0n) is 11.1. The van der Waals surface area contributed by atoms with Gasteiger partial charge in [-0.15, -0.1) is 0 Å². The molecule has 6 heteroatoms. The van der Waals surface area contributed by atoms with Crippen molar-refractivity contribution in [3.05, 3.63) is 29.8 Å². The third kappa shape index (κ3) is 4.99. The standard InChI is InChI=1S/C13H18N2O3S/c1-11(10-18-2)15-6-7-19(16,17)13-5-3-4-12(8-13)9-14/h3-5,8,11,15H,6-7,10H2,1-2H3. The molecule has 104 valence electrons. The lowest BCUT2D eigenvalue weighted by Gasteiger charge is -2.12. The van der Waals surface area contributed by atoms with Crippen LogP contribution in [0.5, 0.6) is 0 Å². The van der Waals surface area contributed by atoms with E-state index >= 15 is 0 Å². The van der Waals surface area contributed by atoms with E-state index in [1.807, 2.05) is 13.0 Å². The van der Waals surface area contributed by atoms with Gasteiger partial charge < -0.3 is 10.1 Å². The van der Waals surface area contributed by atoms with E-state index in [0.29, 0.717) is 18.7 Å². The highest BCUT2D eigenvalue weighted by molar-refractivity contribution is 7.91. The fraction of sp³-hybridized carbons (Fsp3) is 0.462. The van der Waals surface area contributed by atoms with Crippen LogP contribution in [0, 0.1) is 11.3 Å².